The molecule has 0 spiro atoms. The van der Waals surface area contributed by atoms with E-state index in [0.29, 0.717) is 0 Å². The van der Waals surface area contributed by atoms with E-state index >= 15 is 0 Å². The van der Waals surface area contributed by atoms with Gasteiger partial charge in [-0.2, -0.15) is 0 Å². The predicted octanol–water partition coefficient (Wildman–Crippen LogP) is 3.75. The van der Waals surface area contributed by atoms with Gasteiger partial charge in [0.05, 0.1) is 0 Å². The van der Waals surface area contributed by atoms with Gasteiger partial charge in [0.15, 0.2) is 0 Å². The van der Waals surface area contributed by atoms with Crippen molar-refractivity contribution in [1.82, 2.24) is 0 Å². The fourth-order valence-corrected chi connectivity index (χ4v) is 3.18. The van der Waals surface area contributed by atoms with Crippen LogP contribution in [0.4, 0.5) is 0 Å². The van der Waals surface area contributed by atoms with E-state index in [0.717, 1.165) is 32.5 Å². The van der Waals surface area contributed by atoms with Gasteiger partial charge in [-0.25, -0.2) is 0 Å². The SMILES string of the molecule is CCCOC(I)CC(I)OCCC. The molecular formula is C9H18I2O2. The maximum Gasteiger partial charge on any atom is 0.112 e. The Morgan fingerprint density at radius 2 is 1.31 bits per heavy atom. The average Bonchev–Trinajstić information content (AvgIpc) is 2.11. The second kappa shape index (κ2) is 9.92. The first kappa shape index (κ1) is 14.4. The van der Waals surface area contributed by atoms with Crippen molar-refractivity contribution in [3.8, 4) is 0 Å². The summed E-state index contributed by atoms with van der Waals surface area (Å²) in [6.45, 7) is 5.95. The van der Waals surface area contributed by atoms with Gasteiger partial charge in [0.2, 0.25) is 0 Å². The molecule has 0 aromatic carbocycles. The summed E-state index contributed by atoms with van der Waals surface area (Å²) in [5, 5.41) is 0. The zero-order chi connectivity index (χ0) is 10.1. The van der Waals surface area contributed by atoms with Crippen LogP contribution >= 0.6 is 45.2 Å². The van der Waals surface area contributed by atoms with E-state index in [4.69, 9.17) is 9.47 Å². The normalized spacial score (nSPS) is 15.7. The van der Waals surface area contributed by atoms with Crippen LogP contribution in [-0.4, -0.2) is 21.4 Å². The molecule has 0 rings (SSSR count). The van der Waals surface area contributed by atoms with E-state index in [2.05, 4.69) is 59.0 Å². The minimum Gasteiger partial charge on any atom is -0.368 e. The summed E-state index contributed by atoms with van der Waals surface area (Å²) in [4.78, 5) is 0. The lowest BCUT2D eigenvalue weighted by Gasteiger charge is -2.15. The molecule has 2 unspecified atom stereocenters. The number of halogens is 2. The molecule has 0 bridgehead atoms. The van der Waals surface area contributed by atoms with Gasteiger partial charge in [-0.05, 0) is 12.8 Å². The smallest absolute Gasteiger partial charge is 0.112 e. The van der Waals surface area contributed by atoms with Crippen molar-refractivity contribution in [3.05, 3.63) is 0 Å². The van der Waals surface area contributed by atoms with Crippen LogP contribution in [0.25, 0.3) is 0 Å². The van der Waals surface area contributed by atoms with E-state index in [9.17, 15) is 0 Å². The highest BCUT2D eigenvalue weighted by molar-refractivity contribution is 14.1. The Morgan fingerprint density at radius 1 is 0.923 bits per heavy atom. The summed E-state index contributed by atoms with van der Waals surface area (Å²) in [5.41, 5.74) is 0. The molecule has 0 aliphatic heterocycles. The maximum atomic E-state index is 5.54. The van der Waals surface area contributed by atoms with Crippen LogP contribution in [0, 0.1) is 0 Å². The summed E-state index contributed by atoms with van der Waals surface area (Å²) in [5.74, 6) is 0. The summed E-state index contributed by atoms with van der Waals surface area (Å²) in [6.07, 6.45) is 3.14. The number of hydrogen-bond acceptors (Lipinski definition) is 2. The van der Waals surface area contributed by atoms with Crippen LogP contribution in [0.1, 0.15) is 33.1 Å². The number of alkyl halides is 2. The van der Waals surface area contributed by atoms with Gasteiger partial charge in [0, 0.05) is 19.6 Å². The lowest BCUT2D eigenvalue weighted by atomic mass is 10.4. The van der Waals surface area contributed by atoms with Crippen molar-refractivity contribution in [2.45, 2.75) is 41.3 Å². The monoisotopic (exact) mass is 412 g/mol. The Kier molecular flexibility index (Phi) is 11.0. The Bertz CT molecular complexity index is 99.8. The zero-order valence-electron chi connectivity index (χ0n) is 8.26. The van der Waals surface area contributed by atoms with Gasteiger partial charge < -0.3 is 9.47 Å². The van der Waals surface area contributed by atoms with E-state index in [1.807, 2.05) is 0 Å². The second-order valence-electron chi connectivity index (χ2n) is 2.80. The highest BCUT2D eigenvalue weighted by Crippen LogP contribution is 2.17. The van der Waals surface area contributed by atoms with E-state index < -0.39 is 0 Å². The quantitative estimate of drug-likeness (QED) is 0.447. The Balaban J connectivity index is 3.35. The molecule has 0 aromatic heterocycles. The summed E-state index contributed by atoms with van der Waals surface area (Å²) in [7, 11) is 0. The molecule has 0 fully saturated rings. The largest absolute Gasteiger partial charge is 0.368 e. The number of ether oxygens (including phenoxy) is 2. The number of rotatable bonds is 8. The van der Waals surface area contributed by atoms with Crippen molar-refractivity contribution in [3.63, 3.8) is 0 Å². The lowest BCUT2D eigenvalue weighted by Crippen LogP contribution is -2.14. The first-order valence-electron chi connectivity index (χ1n) is 4.72. The van der Waals surface area contributed by atoms with Crippen LogP contribution in [0.5, 0.6) is 0 Å². The minimum atomic E-state index is 0.288. The standard InChI is InChI=1S/C9H18I2O2/c1-3-5-12-8(10)7-9(11)13-6-4-2/h8-9H,3-7H2,1-2H3. The molecule has 0 aromatic rings. The summed E-state index contributed by atoms with van der Waals surface area (Å²) < 4.78 is 11.7. The van der Waals surface area contributed by atoms with Gasteiger partial charge in [0.25, 0.3) is 0 Å². The Morgan fingerprint density at radius 3 is 1.62 bits per heavy atom. The molecule has 4 heteroatoms. The molecular weight excluding hydrogens is 394 g/mol. The van der Waals surface area contributed by atoms with Crippen LogP contribution in [0.3, 0.4) is 0 Å². The van der Waals surface area contributed by atoms with Crippen molar-refractivity contribution in [2.75, 3.05) is 13.2 Å². The fourth-order valence-electron chi connectivity index (χ4n) is 0.773. The van der Waals surface area contributed by atoms with Crippen molar-refractivity contribution >= 4 is 45.2 Å². The van der Waals surface area contributed by atoms with Crippen LogP contribution < -0.4 is 0 Å². The molecule has 0 radical (unpaired) electrons. The van der Waals surface area contributed by atoms with Gasteiger partial charge in [0.1, 0.15) is 8.22 Å². The average molecular weight is 412 g/mol. The molecule has 0 saturated heterocycles. The predicted molar refractivity (Wildman–Crippen MR) is 72.7 cm³/mol. The zero-order valence-corrected chi connectivity index (χ0v) is 12.6. The van der Waals surface area contributed by atoms with Crippen molar-refractivity contribution in [1.29, 1.82) is 0 Å². The van der Waals surface area contributed by atoms with Gasteiger partial charge in [-0.1, -0.05) is 59.0 Å². The van der Waals surface area contributed by atoms with Crippen LogP contribution in [0.15, 0.2) is 0 Å². The van der Waals surface area contributed by atoms with E-state index in [-0.39, 0.29) is 8.22 Å². The Labute approximate surface area is 108 Å². The van der Waals surface area contributed by atoms with E-state index in [1.165, 1.54) is 0 Å². The molecule has 0 heterocycles. The van der Waals surface area contributed by atoms with Crippen LogP contribution in [0.2, 0.25) is 0 Å². The highest BCUT2D eigenvalue weighted by atomic mass is 127. The maximum absolute atomic E-state index is 5.54. The first-order valence-corrected chi connectivity index (χ1v) is 7.21. The molecule has 0 N–H and O–H groups in total. The second-order valence-corrected chi connectivity index (χ2v) is 5.58. The van der Waals surface area contributed by atoms with Crippen molar-refractivity contribution in [2.24, 2.45) is 0 Å². The van der Waals surface area contributed by atoms with Crippen molar-refractivity contribution < 1.29 is 9.47 Å². The third-order valence-electron chi connectivity index (χ3n) is 1.38. The van der Waals surface area contributed by atoms with E-state index in [1.54, 1.807) is 0 Å². The molecule has 0 amide bonds. The lowest BCUT2D eigenvalue weighted by molar-refractivity contribution is 0.0663. The third-order valence-corrected chi connectivity index (χ3v) is 3.11. The molecule has 0 saturated carbocycles. The molecule has 80 valence electrons. The van der Waals surface area contributed by atoms with Gasteiger partial charge in [-0.15, -0.1) is 0 Å². The fraction of sp³-hybridized carbons (Fsp3) is 1.00. The van der Waals surface area contributed by atoms with Gasteiger partial charge >= 0.3 is 0 Å². The van der Waals surface area contributed by atoms with Crippen LogP contribution in [-0.2, 0) is 9.47 Å². The third kappa shape index (κ3) is 9.68. The molecule has 0 aliphatic carbocycles. The number of hydrogen-bond donors (Lipinski definition) is 0. The molecule has 13 heavy (non-hydrogen) atoms. The Hall–Kier alpha value is 1.38. The topological polar surface area (TPSA) is 18.5 Å². The molecule has 2 nitrogen and oxygen atoms in total. The first-order chi connectivity index (χ1) is 6.20. The molecule has 0 aliphatic rings. The highest BCUT2D eigenvalue weighted by Gasteiger charge is 2.11. The minimum absolute atomic E-state index is 0.288. The van der Waals surface area contributed by atoms with Gasteiger partial charge in [-0.3, -0.25) is 0 Å². The summed E-state index contributed by atoms with van der Waals surface area (Å²) in [6, 6.07) is 0. The molecule has 2 atom stereocenters. The summed E-state index contributed by atoms with van der Waals surface area (Å²) >= 11 is 4.65.